The number of aliphatic imine (C=N–C) groups is 1. The first-order valence-corrected chi connectivity index (χ1v) is 13.1. The minimum absolute atomic E-state index is 0.0122. The Balaban J connectivity index is 2.04. The number of aromatic hydroxyl groups is 1. The highest BCUT2D eigenvalue weighted by molar-refractivity contribution is 7.98. The number of hydrogen-bond donors (Lipinski definition) is 7. The van der Waals surface area contributed by atoms with E-state index in [0.717, 1.165) is 22.3 Å². The van der Waals surface area contributed by atoms with Crippen LogP contribution in [0.5, 0.6) is 5.75 Å². The van der Waals surface area contributed by atoms with Gasteiger partial charge in [0.05, 0.1) is 0 Å². The fraction of sp³-hybridized carbons (Fsp3) is 0.385. The summed E-state index contributed by atoms with van der Waals surface area (Å²) in [4.78, 5) is 30.0. The number of phenolic OH excluding ortho intramolecular Hbond substituents is 1. The molecule has 0 radical (unpaired) electrons. The maximum atomic E-state index is 13.1. The zero-order valence-electron chi connectivity index (χ0n) is 22.0. The average molecular weight is 543 g/mol. The first kappa shape index (κ1) is 30.3. The molecule has 0 fully saturated rings. The Hall–Kier alpha value is -3.93. The lowest BCUT2D eigenvalue weighted by atomic mass is 9.95. The quantitative estimate of drug-likeness (QED) is 0.108. The maximum absolute atomic E-state index is 13.1. The van der Waals surface area contributed by atoms with Crippen LogP contribution in [0.1, 0.15) is 29.2 Å². The van der Waals surface area contributed by atoms with Crippen molar-refractivity contribution < 1.29 is 14.7 Å². The molecule has 0 heterocycles. The third-order valence-electron chi connectivity index (χ3n) is 5.85. The number of amides is 2. The summed E-state index contributed by atoms with van der Waals surface area (Å²) in [7, 11) is 0. The van der Waals surface area contributed by atoms with Crippen LogP contribution in [0.15, 0.2) is 51.9 Å². The molecule has 0 aliphatic carbocycles. The molecule has 0 aliphatic rings. The van der Waals surface area contributed by atoms with E-state index in [4.69, 9.17) is 22.9 Å². The molecule has 0 saturated heterocycles. The molecule has 0 aliphatic heterocycles. The van der Waals surface area contributed by atoms with Crippen molar-refractivity contribution >= 4 is 35.7 Å². The molecular weight excluding hydrogens is 504 g/mol. The van der Waals surface area contributed by atoms with Gasteiger partial charge in [-0.15, -0.1) is 0 Å². The van der Waals surface area contributed by atoms with Gasteiger partial charge in [-0.3, -0.25) is 9.59 Å². The first-order chi connectivity index (χ1) is 18.0. The normalized spacial score (nSPS) is 13.0. The van der Waals surface area contributed by atoms with Crippen LogP contribution < -0.4 is 33.6 Å². The minimum Gasteiger partial charge on any atom is -0.508 e. The van der Waals surface area contributed by atoms with E-state index in [1.165, 1.54) is 11.9 Å². The smallest absolute Gasteiger partial charge is 0.245 e. The van der Waals surface area contributed by atoms with E-state index in [2.05, 4.69) is 20.0 Å². The van der Waals surface area contributed by atoms with Gasteiger partial charge in [0, 0.05) is 18.7 Å². The molecule has 11 nitrogen and oxygen atoms in total. The van der Waals surface area contributed by atoms with E-state index >= 15 is 0 Å². The summed E-state index contributed by atoms with van der Waals surface area (Å²) in [5.74, 6) is -0.307. The summed E-state index contributed by atoms with van der Waals surface area (Å²) >= 11 is 1.24. The van der Waals surface area contributed by atoms with Crippen LogP contribution in [0.25, 0.3) is 0 Å². The first-order valence-electron chi connectivity index (χ1n) is 12.2. The monoisotopic (exact) mass is 542 g/mol. The number of nitrogens with one attached hydrogen (secondary N) is 2. The van der Waals surface area contributed by atoms with Crippen LogP contribution in [-0.2, 0) is 22.4 Å². The number of aryl methyl sites for hydroxylation is 2. The number of benzene rings is 2. The molecule has 206 valence electrons. The Morgan fingerprint density at radius 1 is 0.974 bits per heavy atom. The van der Waals surface area contributed by atoms with Gasteiger partial charge in [0.1, 0.15) is 17.8 Å². The van der Waals surface area contributed by atoms with E-state index in [1.54, 1.807) is 19.1 Å². The Kier molecular flexibility index (Phi) is 11.7. The van der Waals surface area contributed by atoms with Crippen molar-refractivity contribution in [3.8, 4) is 5.75 Å². The van der Waals surface area contributed by atoms with Gasteiger partial charge in [0.15, 0.2) is 11.9 Å². The van der Waals surface area contributed by atoms with Crippen molar-refractivity contribution in [3.05, 3.63) is 64.7 Å². The number of nitrogens with two attached hydrogens (primary N) is 4. The maximum Gasteiger partial charge on any atom is 0.245 e. The van der Waals surface area contributed by atoms with Crippen molar-refractivity contribution in [2.75, 3.05) is 12.3 Å². The highest BCUT2D eigenvalue weighted by Crippen LogP contribution is 2.23. The molecule has 0 spiro atoms. The number of guanidine groups is 2. The van der Waals surface area contributed by atoms with Gasteiger partial charge in [-0.25, -0.2) is 4.99 Å². The van der Waals surface area contributed by atoms with Gasteiger partial charge in [-0.05, 0) is 79.4 Å². The molecule has 3 atom stereocenters. The molecule has 38 heavy (non-hydrogen) atoms. The van der Waals surface area contributed by atoms with Crippen molar-refractivity contribution in [1.29, 1.82) is 0 Å². The van der Waals surface area contributed by atoms with Gasteiger partial charge in [-0.2, -0.15) is 4.40 Å². The third kappa shape index (κ3) is 10.2. The number of phenols is 1. The Morgan fingerprint density at radius 2 is 1.61 bits per heavy atom. The summed E-state index contributed by atoms with van der Waals surface area (Å²) in [5, 5.41) is 15.4. The minimum atomic E-state index is -0.945. The zero-order valence-corrected chi connectivity index (χ0v) is 22.8. The molecular formula is C26H38N8O3S. The van der Waals surface area contributed by atoms with Crippen LogP contribution in [0.3, 0.4) is 0 Å². The Labute approximate surface area is 227 Å². The molecule has 0 bridgehead atoms. The molecule has 3 unspecified atom stereocenters. The fourth-order valence-electron chi connectivity index (χ4n) is 3.99. The number of rotatable bonds is 13. The van der Waals surface area contributed by atoms with Gasteiger partial charge in [-0.1, -0.05) is 30.3 Å². The molecule has 11 N–H and O–H groups in total. The van der Waals surface area contributed by atoms with Gasteiger partial charge in [0.25, 0.3) is 0 Å². The second-order valence-corrected chi connectivity index (χ2v) is 9.95. The van der Waals surface area contributed by atoms with E-state index in [1.807, 2.05) is 44.2 Å². The molecule has 0 saturated carbocycles. The average Bonchev–Trinajstić information content (AvgIpc) is 2.83. The Morgan fingerprint density at radius 3 is 2.18 bits per heavy atom. The van der Waals surface area contributed by atoms with Crippen LogP contribution >= 0.6 is 11.9 Å². The summed E-state index contributed by atoms with van der Waals surface area (Å²) in [6.07, 6.45) is 0.921. The van der Waals surface area contributed by atoms with E-state index in [9.17, 15) is 14.7 Å². The van der Waals surface area contributed by atoms with Crippen molar-refractivity contribution in [3.63, 3.8) is 0 Å². The van der Waals surface area contributed by atoms with Crippen LogP contribution in [0.2, 0.25) is 0 Å². The SMILES string of the molecule is Cc1cc(O)cc(C)c1CC(N=C(N)N)C(=O)NC(C)C(=O)NCC(CSN=C(N)N)Cc1ccccc1. The molecule has 2 aromatic carbocycles. The second kappa shape index (κ2) is 14.7. The molecule has 2 amide bonds. The summed E-state index contributed by atoms with van der Waals surface area (Å²) in [6, 6.07) is 11.3. The summed E-state index contributed by atoms with van der Waals surface area (Å²) < 4.78 is 3.97. The highest BCUT2D eigenvalue weighted by Gasteiger charge is 2.25. The number of carbonyl (C=O) groups is 2. The van der Waals surface area contributed by atoms with Crippen LogP contribution in [-0.4, -0.2) is 53.2 Å². The largest absolute Gasteiger partial charge is 0.508 e. The molecule has 0 aromatic heterocycles. The van der Waals surface area contributed by atoms with Crippen molar-refractivity contribution in [2.45, 2.75) is 45.7 Å². The molecule has 2 aromatic rings. The van der Waals surface area contributed by atoms with Gasteiger partial charge < -0.3 is 38.7 Å². The molecule has 12 heteroatoms. The Bertz CT molecular complexity index is 1130. The fourth-order valence-corrected chi connectivity index (χ4v) is 4.66. The van der Waals surface area contributed by atoms with Gasteiger partial charge >= 0.3 is 0 Å². The number of nitrogens with zero attached hydrogens (tertiary/aromatic N) is 2. The predicted octanol–water partition coefficient (Wildman–Crippen LogP) is 0.595. The third-order valence-corrected chi connectivity index (χ3v) is 6.81. The zero-order chi connectivity index (χ0) is 28.2. The lowest BCUT2D eigenvalue weighted by molar-refractivity contribution is -0.129. The van der Waals surface area contributed by atoms with Crippen molar-refractivity contribution in [2.24, 2.45) is 38.2 Å². The van der Waals surface area contributed by atoms with Crippen LogP contribution in [0, 0.1) is 19.8 Å². The highest BCUT2D eigenvalue weighted by atomic mass is 32.2. The summed E-state index contributed by atoms with van der Waals surface area (Å²) in [6.45, 7) is 5.63. The standard InChI is InChI=1S/C26H38N8O3S/c1-15-9-20(35)10-16(2)21(15)12-22(33-25(27)28)24(37)32-17(3)23(36)31-13-19(14-38-34-26(29)30)11-18-7-5-4-6-8-18/h4-10,17,19,22,35H,11-14H2,1-3H3,(H,31,36)(H,32,37)(H4,27,28,33)(H4,29,30,34). The lowest BCUT2D eigenvalue weighted by Crippen LogP contribution is -2.49. The number of hydrogen-bond acceptors (Lipinski definition) is 6. The van der Waals surface area contributed by atoms with E-state index in [0.29, 0.717) is 18.7 Å². The number of carbonyl (C=O) groups excluding carboxylic acids is 2. The molecule has 2 rings (SSSR count). The van der Waals surface area contributed by atoms with E-state index in [-0.39, 0.29) is 35.9 Å². The second-order valence-electron chi connectivity index (χ2n) is 9.18. The topological polar surface area (TPSA) is 207 Å². The predicted molar refractivity (Wildman–Crippen MR) is 153 cm³/mol. The summed E-state index contributed by atoms with van der Waals surface area (Å²) in [5.41, 5.74) is 25.6. The van der Waals surface area contributed by atoms with Crippen LogP contribution in [0.4, 0.5) is 0 Å². The van der Waals surface area contributed by atoms with E-state index < -0.39 is 18.0 Å². The van der Waals surface area contributed by atoms with Crippen molar-refractivity contribution in [1.82, 2.24) is 10.6 Å². The lowest BCUT2D eigenvalue weighted by Gasteiger charge is -2.21. The van der Waals surface area contributed by atoms with Gasteiger partial charge in [0.2, 0.25) is 11.8 Å².